The summed E-state index contributed by atoms with van der Waals surface area (Å²) in [6.07, 6.45) is 4.47. The molecule has 5 nitrogen and oxygen atoms in total. The summed E-state index contributed by atoms with van der Waals surface area (Å²) >= 11 is 0. The second-order valence-electron chi connectivity index (χ2n) is 4.99. The number of hydrogen-bond acceptors (Lipinski definition) is 1. The van der Waals surface area contributed by atoms with E-state index in [4.69, 9.17) is 11.5 Å². The summed E-state index contributed by atoms with van der Waals surface area (Å²) in [7, 11) is 0. The first-order valence-corrected chi connectivity index (χ1v) is 7.18. The highest BCUT2D eigenvalue weighted by atomic mass is 35.5. The number of benzene rings is 1. The van der Waals surface area contributed by atoms with Crippen molar-refractivity contribution in [2.45, 2.75) is 25.7 Å². The third-order valence-electron chi connectivity index (χ3n) is 3.43. The third-order valence-corrected chi connectivity index (χ3v) is 3.43. The first-order valence-electron chi connectivity index (χ1n) is 7.18. The van der Waals surface area contributed by atoms with E-state index in [1.54, 1.807) is 0 Å². The number of hydrogen-bond donors (Lipinski definition) is 2. The van der Waals surface area contributed by atoms with Gasteiger partial charge in [-0.1, -0.05) is 30.3 Å². The largest absolute Gasteiger partial charge is 0.369 e. The lowest BCUT2D eigenvalue weighted by Crippen LogP contribution is -2.41. The Morgan fingerprint density at radius 1 is 1.05 bits per heavy atom. The molecule has 1 aromatic carbocycles. The quantitative estimate of drug-likeness (QED) is 0.659. The Kier molecular flexibility index (Phi) is 7.61. The minimum absolute atomic E-state index is 0. The Bertz CT molecular complexity index is 466. The summed E-state index contributed by atoms with van der Waals surface area (Å²) < 4.78 is 0. The molecule has 0 atom stereocenters. The van der Waals surface area contributed by atoms with E-state index in [0.717, 1.165) is 19.5 Å². The fourth-order valence-electron chi connectivity index (χ4n) is 2.29. The number of halogens is 1. The maximum atomic E-state index is 5.95. The summed E-state index contributed by atoms with van der Waals surface area (Å²) in [5.74, 6) is 0.759. The number of nitrogens with zero attached hydrogens (tertiary/aromatic N) is 3. The molecule has 1 heterocycles. The smallest absolute Gasteiger partial charge is 0.218 e. The van der Waals surface area contributed by atoms with Crippen LogP contribution in [0.25, 0.3) is 0 Å². The molecule has 0 aliphatic carbocycles. The van der Waals surface area contributed by atoms with Crippen LogP contribution in [0.15, 0.2) is 40.3 Å². The van der Waals surface area contributed by atoms with Gasteiger partial charge in [-0.15, -0.1) is 12.4 Å². The molecule has 1 fully saturated rings. The number of guanidine groups is 2. The summed E-state index contributed by atoms with van der Waals surface area (Å²) in [5, 5.41) is 0. The monoisotopic (exact) mass is 309 g/mol. The van der Waals surface area contributed by atoms with Crippen molar-refractivity contribution in [1.82, 2.24) is 4.90 Å². The highest BCUT2D eigenvalue weighted by Crippen LogP contribution is 2.07. The maximum Gasteiger partial charge on any atom is 0.218 e. The lowest BCUT2D eigenvalue weighted by molar-refractivity contribution is 0.339. The Morgan fingerprint density at radius 3 is 2.38 bits per heavy atom. The SMILES string of the molecule is Cl.NC(=NCCc1ccccc1)N=C(N)N1CCCCC1. The molecular weight excluding hydrogens is 286 g/mol. The van der Waals surface area contributed by atoms with Gasteiger partial charge in [-0.3, -0.25) is 4.99 Å². The molecule has 2 rings (SSSR count). The topological polar surface area (TPSA) is 80.0 Å². The zero-order chi connectivity index (χ0) is 14.2. The van der Waals surface area contributed by atoms with Gasteiger partial charge in [0.15, 0.2) is 5.96 Å². The number of piperidine rings is 1. The summed E-state index contributed by atoms with van der Waals surface area (Å²) in [6.45, 7) is 2.56. The first kappa shape index (κ1) is 17.3. The van der Waals surface area contributed by atoms with Gasteiger partial charge in [0.2, 0.25) is 5.96 Å². The molecule has 116 valence electrons. The van der Waals surface area contributed by atoms with Gasteiger partial charge in [-0.05, 0) is 31.2 Å². The van der Waals surface area contributed by atoms with Crippen LogP contribution >= 0.6 is 12.4 Å². The molecule has 0 amide bonds. The van der Waals surface area contributed by atoms with E-state index in [1.165, 1.54) is 24.8 Å². The van der Waals surface area contributed by atoms with Gasteiger partial charge in [0.25, 0.3) is 0 Å². The minimum Gasteiger partial charge on any atom is -0.369 e. The van der Waals surface area contributed by atoms with Crippen LogP contribution in [0.4, 0.5) is 0 Å². The fourth-order valence-corrected chi connectivity index (χ4v) is 2.29. The van der Waals surface area contributed by atoms with Crippen LogP contribution in [0.5, 0.6) is 0 Å². The summed E-state index contributed by atoms with van der Waals surface area (Å²) in [6, 6.07) is 10.2. The van der Waals surface area contributed by atoms with Gasteiger partial charge in [-0.25, -0.2) is 0 Å². The van der Waals surface area contributed by atoms with E-state index in [1.807, 2.05) is 18.2 Å². The van der Waals surface area contributed by atoms with Crippen molar-refractivity contribution in [3.05, 3.63) is 35.9 Å². The Balaban J connectivity index is 0.00000220. The Morgan fingerprint density at radius 2 is 1.71 bits per heavy atom. The second kappa shape index (κ2) is 9.23. The molecule has 0 saturated carbocycles. The molecule has 1 aliphatic rings. The van der Waals surface area contributed by atoms with Crippen molar-refractivity contribution < 1.29 is 0 Å². The average Bonchev–Trinajstić information content (AvgIpc) is 2.49. The van der Waals surface area contributed by atoms with Gasteiger partial charge >= 0.3 is 0 Å². The molecule has 1 saturated heterocycles. The maximum absolute atomic E-state index is 5.95. The van der Waals surface area contributed by atoms with E-state index in [2.05, 4.69) is 27.0 Å². The van der Waals surface area contributed by atoms with Crippen LogP contribution < -0.4 is 11.5 Å². The zero-order valence-electron chi connectivity index (χ0n) is 12.2. The Hall–Kier alpha value is -1.75. The molecule has 0 unspecified atom stereocenters. The second-order valence-corrected chi connectivity index (χ2v) is 4.99. The first-order chi connectivity index (χ1) is 9.75. The Labute approximate surface area is 132 Å². The van der Waals surface area contributed by atoms with Gasteiger partial charge in [0, 0.05) is 19.6 Å². The number of aliphatic imine (C=N–C) groups is 2. The van der Waals surface area contributed by atoms with Gasteiger partial charge in [0.1, 0.15) is 0 Å². The molecule has 1 aliphatic heterocycles. The number of rotatable bonds is 3. The third kappa shape index (κ3) is 6.04. The summed E-state index contributed by atoms with van der Waals surface area (Å²) in [5.41, 5.74) is 13.0. The predicted octanol–water partition coefficient (Wildman–Crippen LogP) is 1.77. The average molecular weight is 310 g/mol. The van der Waals surface area contributed by atoms with Gasteiger partial charge in [-0.2, -0.15) is 4.99 Å². The van der Waals surface area contributed by atoms with Crippen LogP contribution in [0.1, 0.15) is 24.8 Å². The highest BCUT2D eigenvalue weighted by Gasteiger charge is 2.11. The van der Waals surface area contributed by atoms with Crippen molar-refractivity contribution in [3.63, 3.8) is 0 Å². The lowest BCUT2D eigenvalue weighted by Gasteiger charge is -2.27. The number of nitrogens with two attached hydrogens (primary N) is 2. The van der Waals surface area contributed by atoms with E-state index in [9.17, 15) is 0 Å². The molecule has 0 bridgehead atoms. The molecule has 0 aromatic heterocycles. The molecule has 0 spiro atoms. The van der Waals surface area contributed by atoms with Crippen molar-refractivity contribution in [1.29, 1.82) is 0 Å². The van der Waals surface area contributed by atoms with Crippen molar-refractivity contribution in [2.24, 2.45) is 21.5 Å². The molecular formula is C15H24ClN5. The molecule has 0 radical (unpaired) electrons. The minimum atomic E-state index is 0. The van der Waals surface area contributed by atoms with Gasteiger partial charge < -0.3 is 16.4 Å². The molecule has 21 heavy (non-hydrogen) atoms. The molecule has 4 N–H and O–H groups in total. The predicted molar refractivity (Wildman–Crippen MR) is 90.9 cm³/mol. The standard InChI is InChI=1S/C15H23N5.ClH/c16-14(18-10-9-13-7-3-1-4-8-13)19-15(17)20-11-5-2-6-12-20;/h1,3-4,7-8H,2,5-6,9-12H2,(H4,16,17,18,19);1H. The van der Waals surface area contributed by atoms with Crippen LogP contribution in [0.2, 0.25) is 0 Å². The number of likely N-dealkylation sites (tertiary alicyclic amines) is 1. The van der Waals surface area contributed by atoms with E-state index in [0.29, 0.717) is 12.5 Å². The van der Waals surface area contributed by atoms with Crippen LogP contribution in [-0.2, 0) is 6.42 Å². The summed E-state index contributed by atoms with van der Waals surface area (Å²) in [4.78, 5) is 10.5. The van der Waals surface area contributed by atoms with Crippen LogP contribution in [-0.4, -0.2) is 36.5 Å². The van der Waals surface area contributed by atoms with Gasteiger partial charge in [0.05, 0.1) is 0 Å². The van der Waals surface area contributed by atoms with E-state index in [-0.39, 0.29) is 18.4 Å². The van der Waals surface area contributed by atoms with Crippen LogP contribution in [0.3, 0.4) is 0 Å². The highest BCUT2D eigenvalue weighted by molar-refractivity contribution is 5.93. The zero-order valence-corrected chi connectivity index (χ0v) is 13.1. The van der Waals surface area contributed by atoms with E-state index < -0.39 is 0 Å². The lowest BCUT2D eigenvalue weighted by atomic mass is 10.1. The molecule has 1 aromatic rings. The fraction of sp³-hybridized carbons (Fsp3) is 0.467. The van der Waals surface area contributed by atoms with Crippen LogP contribution in [0, 0.1) is 0 Å². The van der Waals surface area contributed by atoms with Crippen molar-refractivity contribution >= 4 is 24.3 Å². The normalized spacial score (nSPS) is 16.5. The molecule has 6 heteroatoms. The van der Waals surface area contributed by atoms with Crippen molar-refractivity contribution in [3.8, 4) is 0 Å². The van der Waals surface area contributed by atoms with E-state index >= 15 is 0 Å². The van der Waals surface area contributed by atoms with Crippen molar-refractivity contribution in [2.75, 3.05) is 19.6 Å².